The summed E-state index contributed by atoms with van der Waals surface area (Å²) in [4.78, 5) is 2.81. The van der Waals surface area contributed by atoms with Gasteiger partial charge in [0.05, 0.1) is 0 Å². The van der Waals surface area contributed by atoms with Crippen LogP contribution in [0.25, 0.3) is 10.9 Å². The molecule has 0 atom stereocenters. The lowest BCUT2D eigenvalue weighted by Crippen LogP contribution is -2.44. The van der Waals surface area contributed by atoms with Crippen LogP contribution in [0.2, 0.25) is 0 Å². The van der Waals surface area contributed by atoms with E-state index in [1.165, 1.54) is 68.2 Å². The van der Waals surface area contributed by atoms with Gasteiger partial charge in [0, 0.05) is 36.4 Å². The minimum Gasteiger partial charge on any atom is -0.341 e. The van der Waals surface area contributed by atoms with E-state index < -0.39 is 0 Å². The fourth-order valence-electron chi connectivity index (χ4n) is 5.65. The Balaban J connectivity index is 1.43. The molecule has 0 radical (unpaired) electrons. The highest BCUT2D eigenvalue weighted by molar-refractivity contribution is 5.81. The molecule has 1 aliphatic heterocycles. The highest BCUT2D eigenvalue weighted by Crippen LogP contribution is 2.36. The van der Waals surface area contributed by atoms with Gasteiger partial charge in [-0.25, -0.2) is 0 Å². The number of nitrogens with zero attached hydrogens (tertiary/aromatic N) is 2. The zero-order valence-electron chi connectivity index (χ0n) is 17.2. The fraction of sp³-hybridized carbons (Fsp3) is 0.667. The van der Waals surface area contributed by atoms with E-state index in [1.54, 1.807) is 0 Å². The average Bonchev–Trinajstić information content (AvgIpc) is 3.06. The lowest BCUT2D eigenvalue weighted by Gasteiger charge is -2.42. The average molecular weight is 368 g/mol. The smallest absolute Gasteiger partial charge is 0.0485 e. The van der Waals surface area contributed by atoms with Gasteiger partial charge in [-0.1, -0.05) is 32.0 Å². The van der Waals surface area contributed by atoms with Gasteiger partial charge in [-0.3, -0.25) is 0 Å². The van der Waals surface area contributed by atoms with Crippen LogP contribution in [-0.2, 0) is 6.42 Å². The third-order valence-electron chi connectivity index (χ3n) is 7.29. The highest BCUT2D eigenvalue weighted by Gasteiger charge is 2.31. The molecule has 2 heterocycles. The summed E-state index contributed by atoms with van der Waals surface area (Å²) in [6.07, 6.45) is 9.24. The number of para-hydroxylation sites is 1. The molecule has 1 saturated heterocycles. The summed E-state index contributed by atoms with van der Waals surface area (Å²) in [5.74, 6) is 1.82. The topological polar surface area (TPSA) is 34.2 Å². The lowest BCUT2D eigenvalue weighted by molar-refractivity contribution is 0.0890. The number of hydrogen-bond donors (Lipinski definition) is 1. The SMILES string of the molecule is CC(C)C1CCC(N2CCC(n3c(CCN)cc4ccccc43)CC2)CC1. The molecule has 1 aliphatic carbocycles. The minimum absolute atomic E-state index is 0.634. The Kier molecular flexibility index (Phi) is 5.89. The Bertz CT molecular complexity index is 731. The fourth-order valence-corrected chi connectivity index (χ4v) is 5.65. The van der Waals surface area contributed by atoms with E-state index in [0.29, 0.717) is 6.04 Å². The maximum atomic E-state index is 5.91. The van der Waals surface area contributed by atoms with Crippen molar-refractivity contribution in [1.82, 2.24) is 9.47 Å². The van der Waals surface area contributed by atoms with E-state index in [1.807, 2.05) is 0 Å². The number of hydrogen-bond acceptors (Lipinski definition) is 2. The van der Waals surface area contributed by atoms with Crippen molar-refractivity contribution in [1.29, 1.82) is 0 Å². The first kappa shape index (κ1) is 19.0. The van der Waals surface area contributed by atoms with Gasteiger partial charge >= 0.3 is 0 Å². The molecule has 3 nitrogen and oxygen atoms in total. The van der Waals surface area contributed by atoms with E-state index in [4.69, 9.17) is 5.73 Å². The highest BCUT2D eigenvalue weighted by atomic mass is 15.2. The summed E-state index contributed by atoms with van der Waals surface area (Å²) >= 11 is 0. The third kappa shape index (κ3) is 3.95. The van der Waals surface area contributed by atoms with Gasteiger partial charge in [0.2, 0.25) is 0 Å². The van der Waals surface area contributed by atoms with E-state index in [0.717, 1.165) is 30.8 Å². The van der Waals surface area contributed by atoms with E-state index >= 15 is 0 Å². The Labute approximate surface area is 164 Å². The van der Waals surface area contributed by atoms with E-state index in [2.05, 4.69) is 53.6 Å². The van der Waals surface area contributed by atoms with Crippen molar-refractivity contribution in [3.8, 4) is 0 Å². The second-order valence-electron chi connectivity index (χ2n) is 9.18. The predicted octanol–water partition coefficient (Wildman–Crippen LogP) is 4.99. The second kappa shape index (κ2) is 8.36. The number of aromatic nitrogens is 1. The number of fused-ring (bicyclic) bond motifs is 1. The van der Waals surface area contributed by atoms with Gasteiger partial charge in [0.15, 0.2) is 0 Å². The normalized spacial score (nSPS) is 25.5. The minimum atomic E-state index is 0.634. The van der Waals surface area contributed by atoms with Crippen LogP contribution in [-0.4, -0.2) is 35.1 Å². The van der Waals surface area contributed by atoms with E-state index in [9.17, 15) is 0 Å². The van der Waals surface area contributed by atoms with Crippen LogP contribution in [0.15, 0.2) is 30.3 Å². The Morgan fingerprint density at radius 1 is 0.963 bits per heavy atom. The summed E-state index contributed by atoms with van der Waals surface area (Å²) < 4.78 is 2.62. The molecule has 2 aliphatic rings. The predicted molar refractivity (Wildman–Crippen MR) is 115 cm³/mol. The van der Waals surface area contributed by atoms with Gasteiger partial charge in [0.1, 0.15) is 0 Å². The first-order valence-corrected chi connectivity index (χ1v) is 11.2. The van der Waals surface area contributed by atoms with Gasteiger partial charge in [-0.05, 0) is 80.8 Å². The van der Waals surface area contributed by atoms with Crippen molar-refractivity contribution in [3.63, 3.8) is 0 Å². The first-order valence-electron chi connectivity index (χ1n) is 11.2. The van der Waals surface area contributed by atoms with Crippen molar-refractivity contribution in [2.75, 3.05) is 19.6 Å². The molecule has 0 unspecified atom stereocenters. The number of benzene rings is 1. The van der Waals surface area contributed by atoms with Crippen molar-refractivity contribution < 1.29 is 0 Å². The summed E-state index contributed by atoms with van der Waals surface area (Å²) in [7, 11) is 0. The summed E-state index contributed by atoms with van der Waals surface area (Å²) in [5, 5.41) is 1.37. The molecule has 27 heavy (non-hydrogen) atoms. The van der Waals surface area contributed by atoms with Gasteiger partial charge < -0.3 is 15.2 Å². The third-order valence-corrected chi connectivity index (χ3v) is 7.29. The maximum Gasteiger partial charge on any atom is 0.0485 e. The number of nitrogens with two attached hydrogens (primary N) is 1. The lowest BCUT2D eigenvalue weighted by atomic mass is 9.79. The Hall–Kier alpha value is -1.32. The molecular formula is C24H37N3. The zero-order valence-corrected chi connectivity index (χ0v) is 17.2. The Morgan fingerprint density at radius 3 is 2.33 bits per heavy atom. The van der Waals surface area contributed by atoms with Crippen LogP contribution in [0.4, 0.5) is 0 Å². The van der Waals surface area contributed by atoms with Gasteiger partial charge in [-0.15, -0.1) is 0 Å². The molecule has 148 valence electrons. The Morgan fingerprint density at radius 2 is 1.67 bits per heavy atom. The molecule has 0 bridgehead atoms. The van der Waals surface area contributed by atoms with Crippen LogP contribution in [0, 0.1) is 11.8 Å². The molecule has 2 fully saturated rings. The van der Waals surface area contributed by atoms with Crippen LogP contribution < -0.4 is 5.73 Å². The number of piperidine rings is 1. The molecular weight excluding hydrogens is 330 g/mol. The molecule has 1 aromatic heterocycles. The molecule has 2 aromatic rings. The van der Waals surface area contributed by atoms with Crippen molar-refractivity contribution in [3.05, 3.63) is 36.0 Å². The van der Waals surface area contributed by atoms with Crippen LogP contribution in [0.5, 0.6) is 0 Å². The molecule has 1 saturated carbocycles. The van der Waals surface area contributed by atoms with Crippen LogP contribution in [0.3, 0.4) is 0 Å². The molecule has 3 heteroatoms. The largest absolute Gasteiger partial charge is 0.341 e. The second-order valence-corrected chi connectivity index (χ2v) is 9.18. The quantitative estimate of drug-likeness (QED) is 0.807. The maximum absolute atomic E-state index is 5.91. The molecule has 0 amide bonds. The van der Waals surface area contributed by atoms with E-state index in [-0.39, 0.29) is 0 Å². The van der Waals surface area contributed by atoms with Gasteiger partial charge in [-0.2, -0.15) is 0 Å². The summed E-state index contributed by atoms with van der Waals surface area (Å²) in [6, 6.07) is 12.7. The standard InChI is InChI=1S/C24H37N3/c1-18(2)19-7-9-21(10-8-19)26-15-12-22(13-16-26)27-23(11-14-25)17-20-5-3-4-6-24(20)27/h3-6,17-19,21-22H,7-16,25H2,1-2H3. The van der Waals surface area contributed by atoms with Crippen molar-refractivity contribution in [2.24, 2.45) is 17.6 Å². The summed E-state index contributed by atoms with van der Waals surface area (Å²) in [6.45, 7) is 8.05. The van der Waals surface area contributed by atoms with Crippen molar-refractivity contribution in [2.45, 2.75) is 70.9 Å². The zero-order chi connectivity index (χ0) is 18.8. The number of rotatable bonds is 5. The monoisotopic (exact) mass is 367 g/mol. The first-order chi connectivity index (χ1) is 13.2. The van der Waals surface area contributed by atoms with Crippen LogP contribution in [0.1, 0.15) is 64.1 Å². The summed E-state index contributed by atoms with van der Waals surface area (Å²) in [5.41, 5.74) is 8.74. The van der Waals surface area contributed by atoms with Crippen LogP contribution >= 0.6 is 0 Å². The van der Waals surface area contributed by atoms with Gasteiger partial charge in [0.25, 0.3) is 0 Å². The molecule has 0 spiro atoms. The molecule has 2 N–H and O–H groups in total. The number of likely N-dealkylation sites (tertiary alicyclic amines) is 1. The van der Waals surface area contributed by atoms with Crippen molar-refractivity contribution >= 4 is 10.9 Å². The molecule has 4 rings (SSSR count). The molecule has 1 aromatic carbocycles.